The van der Waals surface area contributed by atoms with Crippen molar-refractivity contribution in [2.75, 3.05) is 51.6 Å². The number of hydrogen-bond donors (Lipinski definition) is 1. The molecular weight excluding hydrogens is 476 g/mol. The molecule has 0 saturated heterocycles. The molecule has 0 aliphatic rings. The van der Waals surface area contributed by atoms with Crippen LogP contribution in [-0.2, 0) is 7.05 Å². The molecule has 0 bridgehead atoms. The smallest absolute Gasteiger partial charge is 0.294 e. The van der Waals surface area contributed by atoms with Crippen molar-refractivity contribution in [3.05, 3.63) is 69.1 Å². The van der Waals surface area contributed by atoms with Crippen molar-refractivity contribution in [1.82, 2.24) is 24.4 Å². The van der Waals surface area contributed by atoms with E-state index in [1.165, 1.54) is 23.9 Å². The van der Waals surface area contributed by atoms with E-state index in [1.54, 1.807) is 20.2 Å². The number of nitrogens with one attached hydrogen (secondary N) is 1. The average molecular weight is 505 g/mol. The normalized spacial score (nSPS) is 11.1. The SMILES string of the molecule is COc1cc(N(C)CCN(C)C)c([N+](=O)[O-])cc1Nc1ncc2nc(-c3ccccc3)c(=O)n(C)c2n1. The van der Waals surface area contributed by atoms with Crippen molar-refractivity contribution >= 4 is 34.2 Å². The highest BCUT2D eigenvalue weighted by Crippen LogP contribution is 2.38. The summed E-state index contributed by atoms with van der Waals surface area (Å²) in [5, 5.41) is 14.9. The molecule has 1 N–H and O–H groups in total. The molecule has 0 atom stereocenters. The minimum atomic E-state index is -0.438. The van der Waals surface area contributed by atoms with Crippen LogP contribution in [0.1, 0.15) is 0 Å². The second kappa shape index (κ2) is 10.6. The number of hydrogen-bond acceptors (Lipinski definition) is 10. The summed E-state index contributed by atoms with van der Waals surface area (Å²) in [7, 11) is 8.76. The highest BCUT2D eigenvalue weighted by molar-refractivity contribution is 5.79. The molecule has 2 aromatic carbocycles. The molecule has 0 saturated carbocycles. The molecule has 2 aromatic heterocycles. The van der Waals surface area contributed by atoms with Gasteiger partial charge >= 0.3 is 0 Å². The summed E-state index contributed by atoms with van der Waals surface area (Å²) in [5.74, 6) is 0.519. The molecule has 192 valence electrons. The van der Waals surface area contributed by atoms with E-state index in [0.29, 0.717) is 46.1 Å². The van der Waals surface area contributed by atoms with Crippen molar-refractivity contribution in [2.45, 2.75) is 0 Å². The maximum atomic E-state index is 13.0. The van der Waals surface area contributed by atoms with E-state index in [2.05, 4.69) is 20.3 Å². The van der Waals surface area contributed by atoms with Gasteiger partial charge in [-0.2, -0.15) is 4.98 Å². The number of rotatable bonds is 9. The predicted molar refractivity (Wildman–Crippen MR) is 143 cm³/mol. The molecule has 2 heterocycles. The van der Waals surface area contributed by atoms with Gasteiger partial charge in [-0.25, -0.2) is 9.97 Å². The maximum absolute atomic E-state index is 13.0. The summed E-state index contributed by atoms with van der Waals surface area (Å²) in [6.45, 7) is 1.31. The van der Waals surface area contributed by atoms with Crippen molar-refractivity contribution in [3.8, 4) is 17.0 Å². The Bertz CT molecular complexity index is 1500. The summed E-state index contributed by atoms with van der Waals surface area (Å²) >= 11 is 0. The first kappa shape index (κ1) is 25.5. The fraction of sp³-hybridized carbons (Fsp3) is 0.280. The summed E-state index contributed by atoms with van der Waals surface area (Å²) in [4.78, 5) is 41.5. The zero-order valence-electron chi connectivity index (χ0n) is 21.3. The van der Waals surface area contributed by atoms with Crippen LogP contribution in [0.5, 0.6) is 5.75 Å². The number of aromatic nitrogens is 4. The quantitative estimate of drug-likeness (QED) is 0.268. The van der Waals surface area contributed by atoms with Crippen LogP contribution in [0, 0.1) is 10.1 Å². The Kier molecular flexibility index (Phi) is 7.30. The molecule has 4 aromatic rings. The van der Waals surface area contributed by atoms with E-state index in [4.69, 9.17) is 4.74 Å². The molecule has 0 aliphatic carbocycles. The number of fused-ring (bicyclic) bond motifs is 1. The summed E-state index contributed by atoms with van der Waals surface area (Å²) in [6, 6.07) is 12.2. The summed E-state index contributed by atoms with van der Waals surface area (Å²) in [5.41, 5.74) is 2.09. The van der Waals surface area contributed by atoms with Crippen molar-refractivity contribution in [2.24, 2.45) is 7.05 Å². The van der Waals surface area contributed by atoms with Crippen LogP contribution in [0.2, 0.25) is 0 Å². The van der Waals surface area contributed by atoms with Gasteiger partial charge in [-0.05, 0) is 14.1 Å². The number of benzene rings is 2. The van der Waals surface area contributed by atoms with Gasteiger partial charge in [-0.1, -0.05) is 30.3 Å². The largest absolute Gasteiger partial charge is 0.494 e. The zero-order chi connectivity index (χ0) is 26.7. The van der Waals surface area contributed by atoms with Crippen molar-refractivity contribution in [3.63, 3.8) is 0 Å². The van der Waals surface area contributed by atoms with E-state index < -0.39 is 4.92 Å². The summed E-state index contributed by atoms with van der Waals surface area (Å²) < 4.78 is 6.92. The van der Waals surface area contributed by atoms with E-state index in [0.717, 1.165) is 6.54 Å². The highest BCUT2D eigenvalue weighted by atomic mass is 16.6. The number of nitro groups is 1. The van der Waals surface area contributed by atoms with Crippen LogP contribution in [-0.4, -0.2) is 70.7 Å². The molecule has 4 rings (SSSR count). The number of nitro benzene ring substituents is 1. The lowest BCUT2D eigenvalue weighted by Gasteiger charge is -2.22. The topological polar surface area (TPSA) is 132 Å². The Hall–Kier alpha value is -4.58. The Labute approximate surface area is 213 Å². The maximum Gasteiger partial charge on any atom is 0.294 e. The van der Waals surface area contributed by atoms with Gasteiger partial charge in [-0.3, -0.25) is 19.5 Å². The summed E-state index contributed by atoms with van der Waals surface area (Å²) in [6.07, 6.45) is 1.50. The lowest BCUT2D eigenvalue weighted by atomic mass is 10.1. The third-order valence-electron chi connectivity index (χ3n) is 5.89. The number of ether oxygens (including phenoxy) is 1. The number of aryl methyl sites for hydroxylation is 1. The van der Waals surface area contributed by atoms with E-state index in [-0.39, 0.29) is 17.2 Å². The number of methoxy groups -OCH3 is 1. The van der Waals surface area contributed by atoms with E-state index in [1.807, 2.05) is 54.2 Å². The van der Waals surface area contributed by atoms with Gasteiger partial charge in [0.15, 0.2) is 5.65 Å². The fourth-order valence-electron chi connectivity index (χ4n) is 3.83. The molecule has 12 heteroatoms. The second-order valence-electron chi connectivity index (χ2n) is 8.74. The molecule has 37 heavy (non-hydrogen) atoms. The van der Waals surface area contributed by atoms with Crippen molar-refractivity contribution in [1.29, 1.82) is 0 Å². The average Bonchev–Trinajstić information content (AvgIpc) is 2.89. The van der Waals surface area contributed by atoms with Crippen LogP contribution in [0.3, 0.4) is 0 Å². The first-order valence-electron chi connectivity index (χ1n) is 11.5. The van der Waals surface area contributed by atoms with Gasteiger partial charge in [0.05, 0.1) is 23.9 Å². The zero-order valence-corrected chi connectivity index (χ0v) is 21.3. The standard InChI is InChI=1S/C25H28N8O4/c1-30(2)11-12-31(3)19-14-21(37-5)17(13-20(19)33(35)36)28-25-26-15-18-23(29-25)32(4)24(34)22(27-18)16-9-7-6-8-10-16/h6-10,13-15H,11-12H2,1-5H3,(H,26,28,29). The van der Waals surface area contributed by atoms with E-state index in [9.17, 15) is 14.9 Å². The molecular formula is C25H28N8O4. The van der Waals surface area contributed by atoms with Gasteiger partial charge in [-0.15, -0.1) is 0 Å². The minimum Gasteiger partial charge on any atom is -0.494 e. The highest BCUT2D eigenvalue weighted by Gasteiger charge is 2.23. The van der Waals surface area contributed by atoms with Crippen molar-refractivity contribution < 1.29 is 9.66 Å². The second-order valence-corrected chi connectivity index (χ2v) is 8.74. The van der Waals surface area contributed by atoms with Crippen LogP contribution >= 0.6 is 0 Å². The third kappa shape index (κ3) is 5.33. The van der Waals surface area contributed by atoms with Crippen LogP contribution in [0.15, 0.2) is 53.5 Å². The Morgan fingerprint density at radius 2 is 1.84 bits per heavy atom. The Balaban J connectivity index is 1.73. The Morgan fingerprint density at radius 1 is 1.11 bits per heavy atom. The van der Waals surface area contributed by atoms with Crippen LogP contribution in [0.25, 0.3) is 22.4 Å². The fourth-order valence-corrected chi connectivity index (χ4v) is 3.83. The number of likely N-dealkylation sites (N-methyl/N-ethyl adjacent to an activating group) is 2. The number of anilines is 3. The number of nitrogens with zero attached hydrogens (tertiary/aromatic N) is 7. The first-order chi connectivity index (χ1) is 17.7. The predicted octanol–water partition coefficient (Wildman–Crippen LogP) is 3.05. The van der Waals surface area contributed by atoms with Gasteiger partial charge < -0.3 is 19.9 Å². The van der Waals surface area contributed by atoms with Gasteiger partial charge in [0.1, 0.15) is 22.6 Å². The molecule has 0 spiro atoms. The van der Waals surface area contributed by atoms with E-state index >= 15 is 0 Å². The molecule has 12 nitrogen and oxygen atoms in total. The van der Waals surface area contributed by atoms with Gasteiger partial charge in [0.25, 0.3) is 11.2 Å². The van der Waals surface area contributed by atoms with Gasteiger partial charge in [0, 0.05) is 44.9 Å². The lowest BCUT2D eigenvalue weighted by Crippen LogP contribution is -2.29. The molecule has 0 aliphatic heterocycles. The Morgan fingerprint density at radius 3 is 2.49 bits per heavy atom. The molecule has 0 radical (unpaired) electrons. The molecule has 0 unspecified atom stereocenters. The third-order valence-corrected chi connectivity index (χ3v) is 5.89. The van der Waals surface area contributed by atoms with Gasteiger partial charge in [0.2, 0.25) is 5.95 Å². The van der Waals surface area contributed by atoms with Crippen LogP contribution < -0.4 is 20.5 Å². The monoisotopic (exact) mass is 504 g/mol. The molecule has 0 fully saturated rings. The minimum absolute atomic E-state index is 0.0908. The lowest BCUT2D eigenvalue weighted by molar-refractivity contribution is -0.384. The van der Waals surface area contributed by atoms with Crippen LogP contribution in [0.4, 0.5) is 23.0 Å². The molecule has 0 amide bonds. The first-order valence-corrected chi connectivity index (χ1v) is 11.5.